The molecule has 6 nitrogen and oxygen atoms in total. The molecule has 2 rings (SSSR count). The van der Waals surface area contributed by atoms with Crippen LogP contribution in [0.15, 0.2) is 33.9 Å². The Kier molecular flexibility index (Phi) is 4.57. The molecule has 0 bridgehead atoms. The van der Waals surface area contributed by atoms with Gasteiger partial charge in [0, 0.05) is 18.7 Å². The van der Waals surface area contributed by atoms with Crippen molar-refractivity contribution < 1.29 is 0 Å². The number of halogens is 1. The third-order valence-corrected chi connectivity index (χ3v) is 3.02. The Morgan fingerprint density at radius 3 is 2.85 bits per heavy atom. The van der Waals surface area contributed by atoms with Gasteiger partial charge in [-0.05, 0) is 18.6 Å². The monoisotopic (exact) mass is 294 g/mol. The highest BCUT2D eigenvalue weighted by Gasteiger charge is 2.06. The third-order valence-electron chi connectivity index (χ3n) is 2.67. The van der Waals surface area contributed by atoms with Crippen LogP contribution >= 0.6 is 11.6 Å². The first-order valence-corrected chi connectivity index (χ1v) is 6.67. The van der Waals surface area contributed by atoms with E-state index >= 15 is 0 Å². The quantitative estimate of drug-likeness (QED) is 0.875. The van der Waals surface area contributed by atoms with Crippen molar-refractivity contribution in [2.75, 3.05) is 11.9 Å². The largest absolute Gasteiger partial charge is 0.370 e. The summed E-state index contributed by atoms with van der Waals surface area (Å²) in [5, 5.41) is 6.04. The summed E-state index contributed by atoms with van der Waals surface area (Å²) < 4.78 is 1.18. The molecule has 0 atom stereocenters. The van der Waals surface area contributed by atoms with Crippen LogP contribution in [0.5, 0.6) is 0 Å². The average molecular weight is 295 g/mol. The van der Waals surface area contributed by atoms with Gasteiger partial charge in [0.1, 0.15) is 5.82 Å². The molecular weight excluding hydrogens is 280 g/mol. The van der Waals surface area contributed by atoms with Gasteiger partial charge in [0.15, 0.2) is 0 Å². The van der Waals surface area contributed by atoms with E-state index in [0.717, 1.165) is 13.0 Å². The van der Waals surface area contributed by atoms with E-state index in [2.05, 4.69) is 22.3 Å². The van der Waals surface area contributed by atoms with Gasteiger partial charge in [-0.2, -0.15) is 0 Å². The van der Waals surface area contributed by atoms with Crippen molar-refractivity contribution in [2.45, 2.75) is 19.9 Å². The molecule has 0 saturated carbocycles. The SMILES string of the molecule is CCCNc1ccc(Cl)c(Cn2[nH]c(=O)ccc2=O)n1. The topological polar surface area (TPSA) is 79.8 Å². The van der Waals surface area contributed by atoms with Gasteiger partial charge in [0.25, 0.3) is 11.1 Å². The van der Waals surface area contributed by atoms with Crippen LogP contribution in [0.3, 0.4) is 0 Å². The van der Waals surface area contributed by atoms with Crippen LogP contribution < -0.4 is 16.4 Å². The summed E-state index contributed by atoms with van der Waals surface area (Å²) in [6, 6.07) is 5.89. The molecule has 2 aromatic heterocycles. The van der Waals surface area contributed by atoms with E-state index in [1.165, 1.54) is 16.8 Å². The standard InChI is InChI=1S/C13H15ClN4O2/c1-2-7-15-11-4-3-9(14)10(16-11)8-18-13(20)6-5-12(19)17-18/h3-6H,2,7-8H2,1H3,(H,15,16)(H,17,19). The highest BCUT2D eigenvalue weighted by molar-refractivity contribution is 6.31. The number of nitrogens with zero attached hydrogens (tertiary/aromatic N) is 2. The van der Waals surface area contributed by atoms with Crippen LogP contribution in [0.2, 0.25) is 5.02 Å². The Labute approximate surface area is 120 Å². The van der Waals surface area contributed by atoms with Crippen LogP contribution in [0.25, 0.3) is 0 Å². The van der Waals surface area contributed by atoms with Crippen LogP contribution in [0, 0.1) is 0 Å². The molecule has 0 unspecified atom stereocenters. The molecule has 0 aromatic carbocycles. The van der Waals surface area contributed by atoms with E-state index in [4.69, 9.17) is 11.6 Å². The van der Waals surface area contributed by atoms with Crippen molar-refractivity contribution in [3.8, 4) is 0 Å². The molecule has 0 aliphatic rings. The Bertz CT molecular complexity index is 708. The predicted molar refractivity (Wildman–Crippen MR) is 78.5 cm³/mol. The van der Waals surface area contributed by atoms with Crippen LogP contribution in [0.1, 0.15) is 19.0 Å². The number of aromatic amines is 1. The molecule has 2 aromatic rings. The summed E-state index contributed by atoms with van der Waals surface area (Å²) >= 11 is 6.07. The molecule has 106 valence electrons. The molecule has 0 fully saturated rings. The zero-order valence-corrected chi connectivity index (χ0v) is 11.8. The van der Waals surface area contributed by atoms with Crippen molar-refractivity contribution >= 4 is 17.4 Å². The van der Waals surface area contributed by atoms with E-state index in [0.29, 0.717) is 16.5 Å². The van der Waals surface area contributed by atoms with Gasteiger partial charge >= 0.3 is 0 Å². The first-order chi connectivity index (χ1) is 9.60. The predicted octanol–water partition coefficient (Wildman–Crippen LogP) is 1.46. The number of rotatable bonds is 5. The lowest BCUT2D eigenvalue weighted by molar-refractivity contribution is 0.617. The Hall–Kier alpha value is -2.08. The molecular formula is C13H15ClN4O2. The van der Waals surface area contributed by atoms with Crippen molar-refractivity contribution in [3.63, 3.8) is 0 Å². The maximum atomic E-state index is 11.7. The number of hydrogen-bond acceptors (Lipinski definition) is 4. The molecule has 0 saturated heterocycles. The smallest absolute Gasteiger partial charge is 0.265 e. The number of anilines is 1. The first kappa shape index (κ1) is 14.3. The Morgan fingerprint density at radius 2 is 2.10 bits per heavy atom. The van der Waals surface area contributed by atoms with E-state index in [1.807, 2.05) is 0 Å². The third kappa shape index (κ3) is 3.48. The molecule has 0 amide bonds. The fourth-order valence-corrected chi connectivity index (χ4v) is 1.84. The van der Waals surface area contributed by atoms with E-state index < -0.39 is 0 Å². The average Bonchev–Trinajstić information content (AvgIpc) is 2.43. The first-order valence-electron chi connectivity index (χ1n) is 6.29. The highest BCUT2D eigenvalue weighted by atomic mass is 35.5. The second-order valence-electron chi connectivity index (χ2n) is 4.29. The number of nitrogens with one attached hydrogen (secondary N) is 2. The second kappa shape index (κ2) is 6.38. The van der Waals surface area contributed by atoms with Crippen LogP contribution in [0.4, 0.5) is 5.82 Å². The van der Waals surface area contributed by atoms with Gasteiger partial charge in [0.05, 0.1) is 17.3 Å². The van der Waals surface area contributed by atoms with Crippen molar-refractivity contribution in [1.29, 1.82) is 0 Å². The molecule has 7 heteroatoms. The molecule has 0 spiro atoms. The summed E-state index contributed by atoms with van der Waals surface area (Å²) in [5.41, 5.74) is -0.132. The highest BCUT2D eigenvalue weighted by Crippen LogP contribution is 2.17. The molecule has 0 aliphatic carbocycles. The van der Waals surface area contributed by atoms with Crippen molar-refractivity contribution in [3.05, 3.63) is 55.7 Å². The minimum absolute atomic E-state index is 0.120. The summed E-state index contributed by atoms with van der Waals surface area (Å²) in [5.74, 6) is 0.692. The maximum Gasteiger partial charge on any atom is 0.265 e. The number of hydrogen-bond donors (Lipinski definition) is 2. The summed E-state index contributed by atoms with van der Waals surface area (Å²) in [7, 11) is 0. The molecule has 2 N–H and O–H groups in total. The summed E-state index contributed by atoms with van der Waals surface area (Å²) in [6.45, 7) is 2.98. The molecule has 0 aliphatic heterocycles. The fourth-order valence-electron chi connectivity index (χ4n) is 1.68. The van der Waals surface area contributed by atoms with Gasteiger partial charge in [-0.3, -0.25) is 14.7 Å². The van der Waals surface area contributed by atoms with Crippen molar-refractivity contribution in [2.24, 2.45) is 0 Å². The van der Waals surface area contributed by atoms with E-state index in [-0.39, 0.29) is 17.7 Å². The Balaban J connectivity index is 2.30. The van der Waals surface area contributed by atoms with E-state index in [9.17, 15) is 9.59 Å². The van der Waals surface area contributed by atoms with E-state index in [1.54, 1.807) is 12.1 Å². The minimum Gasteiger partial charge on any atom is -0.370 e. The normalized spacial score (nSPS) is 10.5. The molecule has 2 heterocycles. The zero-order chi connectivity index (χ0) is 14.5. The number of H-pyrrole nitrogens is 1. The van der Waals surface area contributed by atoms with Gasteiger partial charge in [0.2, 0.25) is 0 Å². The van der Waals surface area contributed by atoms with Gasteiger partial charge < -0.3 is 5.32 Å². The maximum absolute atomic E-state index is 11.7. The van der Waals surface area contributed by atoms with Crippen LogP contribution in [-0.2, 0) is 6.54 Å². The Morgan fingerprint density at radius 1 is 1.30 bits per heavy atom. The second-order valence-corrected chi connectivity index (χ2v) is 4.69. The lowest BCUT2D eigenvalue weighted by Crippen LogP contribution is -2.28. The summed E-state index contributed by atoms with van der Waals surface area (Å²) in [4.78, 5) is 27.2. The number of aromatic nitrogens is 3. The minimum atomic E-state index is -0.346. The van der Waals surface area contributed by atoms with Gasteiger partial charge in [-0.25, -0.2) is 9.67 Å². The summed E-state index contributed by atoms with van der Waals surface area (Å²) in [6.07, 6.45) is 0.977. The van der Waals surface area contributed by atoms with Crippen LogP contribution in [-0.4, -0.2) is 21.3 Å². The fraction of sp³-hybridized carbons (Fsp3) is 0.308. The lowest BCUT2D eigenvalue weighted by Gasteiger charge is -2.09. The molecule has 0 radical (unpaired) electrons. The zero-order valence-electron chi connectivity index (χ0n) is 11.0. The number of pyridine rings is 1. The van der Waals surface area contributed by atoms with Gasteiger partial charge in [-0.15, -0.1) is 0 Å². The van der Waals surface area contributed by atoms with Gasteiger partial charge in [-0.1, -0.05) is 18.5 Å². The lowest BCUT2D eigenvalue weighted by atomic mass is 10.3. The molecule has 20 heavy (non-hydrogen) atoms. The van der Waals surface area contributed by atoms with Crippen molar-refractivity contribution in [1.82, 2.24) is 14.8 Å².